The van der Waals surface area contributed by atoms with Gasteiger partial charge in [-0.15, -0.1) is 0 Å². The normalized spacial score (nSPS) is 11.9. The van der Waals surface area contributed by atoms with Gasteiger partial charge in [-0.3, -0.25) is 0 Å². The van der Waals surface area contributed by atoms with E-state index in [1.807, 2.05) is 26.0 Å². The second-order valence-corrected chi connectivity index (χ2v) is 4.05. The Labute approximate surface area is 110 Å². The van der Waals surface area contributed by atoms with Crippen LogP contribution in [0.3, 0.4) is 0 Å². The van der Waals surface area contributed by atoms with Crippen molar-refractivity contribution in [2.24, 2.45) is 0 Å². The molecule has 1 atom stereocenters. The summed E-state index contributed by atoms with van der Waals surface area (Å²) >= 11 is 0. The van der Waals surface area contributed by atoms with Gasteiger partial charge >= 0.3 is 0 Å². The van der Waals surface area contributed by atoms with Crippen LogP contribution in [0.15, 0.2) is 30.9 Å². The molecule has 0 fully saturated rings. The second kappa shape index (κ2) is 7.77. The van der Waals surface area contributed by atoms with Crippen molar-refractivity contribution in [3.05, 3.63) is 36.4 Å². The molecule has 0 saturated carbocycles. The molecule has 0 spiro atoms. The lowest BCUT2D eigenvalue weighted by Crippen LogP contribution is -2.12. The van der Waals surface area contributed by atoms with Gasteiger partial charge in [0, 0.05) is 6.54 Å². The second-order valence-electron chi connectivity index (χ2n) is 4.05. The van der Waals surface area contributed by atoms with Crippen LogP contribution in [0.25, 0.3) is 0 Å². The third-order valence-corrected chi connectivity index (χ3v) is 2.53. The summed E-state index contributed by atoms with van der Waals surface area (Å²) in [7, 11) is 0. The molecule has 3 nitrogen and oxygen atoms in total. The first-order valence-electron chi connectivity index (χ1n) is 6.46. The summed E-state index contributed by atoms with van der Waals surface area (Å²) in [5.41, 5.74) is 1.19. The van der Waals surface area contributed by atoms with E-state index in [0.29, 0.717) is 6.61 Å². The minimum absolute atomic E-state index is 0.0242. The van der Waals surface area contributed by atoms with E-state index in [1.54, 1.807) is 6.08 Å². The third kappa shape index (κ3) is 4.41. The van der Waals surface area contributed by atoms with E-state index in [-0.39, 0.29) is 6.10 Å². The van der Waals surface area contributed by atoms with Gasteiger partial charge in [0.15, 0.2) is 11.5 Å². The first-order valence-corrected chi connectivity index (χ1v) is 6.46. The molecule has 0 aliphatic rings. The Kier molecular flexibility index (Phi) is 6.29. The predicted octanol–water partition coefficient (Wildman–Crippen LogP) is 3.15. The van der Waals surface area contributed by atoms with Crippen LogP contribution < -0.4 is 14.8 Å². The maximum atomic E-state index is 5.74. The average Bonchev–Trinajstić information content (AvgIpc) is 2.39. The molecule has 0 radical (unpaired) electrons. The standard InChI is InChI=1S/C15H23NO2/c1-5-12(4)18-14-9-8-13(11-16-6-2)10-15(14)17-7-3/h5,8-10,12,16H,1,6-7,11H2,2-4H3. The van der Waals surface area contributed by atoms with Crippen molar-refractivity contribution in [3.63, 3.8) is 0 Å². The zero-order chi connectivity index (χ0) is 13.4. The smallest absolute Gasteiger partial charge is 0.162 e. The Balaban J connectivity index is 2.85. The summed E-state index contributed by atoms with van der Waals surface area (Å²) in [5.74, 6) is 1.56. The van der Waals surface area contributed by atoms with Crippen LogP contribution in [0.1, 0.15) is 26.3 Å². The minimum Gasteiger partial charge on any atom is -0.490 e. The molecule has 1 aromatic carbocycles. The Morgan fingerprint density at radius 1 is 1.33 bits per heavy atom. The summed E-state index contributed by atoms with van der Waals surface area (Å²) < 4.78 is 11.4. The van der Waals surface area contributed by atoms with E-state index in [2.05, 4.69) is 24.9 Å². The highest BCUT2D eigenvalue weighted by atomic mass is 16.5. The molecule has 1 aromatic rings. The monoisotopic (exact) mass is 249 g/mol. The first-order chi connectivity index (χ1) is 8.71. The molecule has 3 heteroatoms. The van der Waals surface area contributed by atoms with Crippen molar-refractivity contribution in [1.82, 2.24) is 5.32 Å². The topological polar surface area (TPSA) is 30.5 Å². The Hall–Kier alpha value is -1.48. The first kappa shape index (κ1) is 14.6. The highest BCUT2D eigenvalue weighted by Gasteiger charge is 2.08. The largest absolute Gasteiger partial charge is 0.490 e. The molecule has 0 heterocycles. The van der Waals surface area contributed by atoms with E-state index >= 15 is 0 Å². The molecule has 0 aromatic heterocycles. The van der Waals surface area contributed by atoms with Gasteiger partial charge in [-0.25, -0.2) is 0 Å². The van der Waals surface area contributed by atoms with Crippen LogP contribution in [0, 0.1) is 0 Å². The number of hydrogen-bond acceptors (Lipinski definition) is 3. The predicted molar refractivity (Wildman–Crippen MR) is 75.3 cm³/mol. The van der Waals surface area contributed by atoms with Gasteiger partial charge in [0.25, 0.3) is 0 Å². The summed E-state index contributed by atoms with van der Waals surface area (Å²) in [6, 6.07) is 6.03. The number of nitrogens with one attached hydrogen (secondary N) is 1. The number of hydrogen-bond donors (Lipinski definition) is 1. The van der Waals surface area contributed by atoms with Gasteiger partial charge in [0.05, 0.1) is 6.61 Å². The molecule has 1 rings (SSSR count). The summed E-state index contributed by atoms with van der Waals surface area (Å²) in [6.45, 7) is 12.2. The van der Waals surface area contributed by atoms with E-state index in [0.717, 1.165) is 24.6 Å². The molecule has 0 bridgehead atoms. The highest BCUT2D eigenvalue weighted by Crippen LogP contribution is 2.29. The Morgan fingerprint density at radius 3 is 2.72 bits per heavy atom. The fourth-order valence-electron chi connectivity index (χ4n) is 1.55. The molecular weight excluding hydrogens is 226 g/mol. The molecule has 0 aliphatic carbocycles. The van der Waals surface area contributed by atoms with Crippen LogP contribution >= 0.6 is 0 Å². The SMILES string of the molecule is C=CC(C)Oc1ccc(CNCC)cc1OCC. The quantitative estimate of drug-likeness (QED) is 0.718. The number of rotatable bonds is 8. The minimum atomic E-state index is -0.0242. The molecular formula is C15H23NO2. The summed E-state index contributed by atoms with van der Waals surface area (Å²) in [6.07, 6.45) is 1.74. The molecule has 100 valence electrons. The van der Waals surface area contributed by atoms with Gasteiger partial charge in [-0.2, -0.15) is 0 Å². The van der Waals surface area contributed by atoms with E-state index < -0.39 is 0 Å². The lowest BCUT2D eigenvalue weighted by molar-refractivity contribution is 0.245. The van der Waals surface area contributed by atoms with Crippen LogP contribution in [0.2, 0.25) is 0 Å². The average molecular weight is 249 g/mol. The van der Waals surface area contributed by atoms with Gasteiger partial charge in [0.2, 0.25) is 0 Å². The number of ether oxygens (including phenoxy) is 2. The van der Waals surface area contributed by atoms with Gasteiger partial charge in [0.1, 0.15) is 6.10 Å². The van der Waals surface area contributed by atoms with Crippen LogP contribution in [-0.2, 0) is 6.54 Å². The fraction of sp³-hybridized carbons (Fsp3) is 0.467. The van der Waals surface area contributed by atoms with Gasteiger partial charge in [-0.05, 0) is 38.1 Å². The van der Waals surface area contributed by atoms with Gasteiger partial charge in [-0.1, -0.05) is 25.6 Å². The lowest BCUT2D eigenvalue weighted by Gasteiger charge is -2.16. The molecule has 18 heavy (non-hydrogen) atoms. The van der Waals surface area contributed by atoms with E-state index in [4.69, 9.17) is 9.47 Å². The van der Waals surface area contributed by atoms with Crippen LogP contribution in [-0.4, -0.2) is 19.3 Å². The zero-order valence-corrected chi connectivity index (χ0v) is 11.5. The maximum absolute atomic E-state index is 5.74. The van der Waals surface area contributed by atoms with Crippen molar-refractivity contribution in [2.75, 3.05) is 13.2 Å². The zero-order valence-electron chi connectivity index (χ0n) is 11.5. The number of benzene rings is 1. The Bertz CT molecular complexity index is 377. The molecule has 1 N–H and O–H groups in total. The van der Waals surface area contributed by atoms with Crippen molar-refractivity contribution >= 4 is 0 Å². The summed E-state index contributed by atoms with van der Waals surface area (Å²) in [5, 5.41) is 3.29. The lowest BCUT2D eigenvalue weighted by atomic mass is 10.2. The van der Waals surface area contributed by atoms with Crippen molar-refractivity contribution in [3.8, 4) is 11.5 Å². The fourth-order valence-corrected chi connectivity index (χ4v) is 1.55. The van der Waals surface area contributed by atoms with E-state index in [1.165, 1.54) is 5.56 Å². The molecule has 0 saturated heterocycles. The molecule has 0 amide bonds. The third-order valence-electron chi connectivity index (χ3n) is 2.53. The van der Waals surface area contributed by atoms with Gasteiger partial charge < -0.3 is 14.8 Å². The van der Waals surface area contributed by atoms with Crippen molar-refractivity contribution in [2.45, 2.75) is 33.4 Å². The maximum Gasteiger partial charge on any atom is 0.162 e. The van der Waals surface area contributed by atoms with Crippen LogP contribution in [0.4, 0.5) is 0 Å². The summed E-state index contributed by atoms with van der Waals surface area (Å²) in [4.78, 5) is 0. The Morgan fingerprint density at radius 2 is 2.11 bits per heavy atom. The van der Waals surface area contributed by atoms with Crippen molar-refractivity contribution < 1.29 is 9.47 Å². The van der Waals surface area contributed by atoms with Crippen molar-refractivity contribution in [1.29, 1.82) is 0 Å². The molecule has 0 aliphatic heterocycles. The molecule has 1 unspecified atom stereocenters. The highest BCUT2D eigenvalue weighted by molar-refractivity contribution is 5.43. The van der Waals surface area contributed by atoms with E-state index in [9.17, 15) is 0 Å². The van der Waals surface area contributed by atoms with Crippen LogP contribution in [0.5, 0.6) is 11.5 Å².